The van der Waals surface area contributed by atoms with Crippen LogP contribution in [0.15, 0.2) is 17.0 Å². The first-order chi connectivity index (χ1) is 4.88. The predicted molar refractivity (Wildman–Crippen MR) is 34.3 cm³/mol. The van der Waals surface area contributed by atoms with Crippen LogP contribution in [0, 0.1) is 6.92 Å². The molecule has 0 aliphatic carbocycles. The molecule has 0 N–H and O–H groups in total. The molecule has 10 heavy (non-hydrogen) atoms. The van der Waals surface area contributed by atoms with Crippen LogP contribution in [0.4, 0.5) is 0 Å². The SMILES string of the molecule is Cc1noc2cncnc12. The van der Waals surface area contributed by atoms with Gasteiger partial charge in [-0.3, -0.25) is 0 Å². The van der Waals surface area contributed by atoms with E-state index in [2.05, 4.69) is 15.1 Å². The average molecular weight is 135 g/mol. The van der Waals surface area contributed by atoms with E-state index in [-0.39, 0.29) is 0 Å². The molecule has 4 nitrogen and oxygen atoms in total. The van der Waals surface area contributed by atoms with Crippen molar-refractivity contribution >= 4 is 11.1 Å². The van der Waals surface area contributed by atoms with Gasteiger partial charge in [-0.15, -0.1) is 0 Å². The molecule has 0 aliphatic rings. The zero-order valence-corrected chi connectivity index (χ0v) is 5.40. The van der Waals surface area contributed by atoms with Gasteiger partial charge in [-0.25, -0.2) is 9.97 Å². The number of fused-ring (bicyclic) bond motifs is 1. The fourth-order valence-electron chi connectivity index (χ4n) is 0.816. The molecule has 0 bridgehead atoms. The fraction of sp³-hybridized carbons (Fsp3) is 0.167. The lowest BCUT2D eigenvalue weighted by molar-refractivity contribution is 0.449. The van der Waals surface area contributed by atoms with Gasteiger partial charge in [0.05, 0.1) is 6.20 Å². The van der Waals surface area contributed by atoms with E-state index in [1.807, 2.05) is 6.92 Å². The Balaban J connectivity index is 2.93. The number of aryl methyl sites for hydroxylation is 1. The van der Waals surface area contributed by atoms with E-state index in [1.165, 1.54) is 6.33 Å². The third-order valence-corrected chi connectivity index (χ3v) is 1.30. The van der Waals surface area contributed by atoms with Crippen LogP contribution >= 0.6 is 0 Å². The Kier molecular flexibility index (Phi) is 0.943. The van der Waals surface area contributed by atoms with Crippen molar-refractivity contribution in [3.63, 3.8) is 0 Å². The Morgan fingerprint density at radius 3 is 3.20 bits per heavy atom. The van der Waals surface area contributed by atoms with E-state index in [1.54, 1.807) is 6.20 Å². The van der Waals surface area contributed by atoms with E-state index in [0.29, 0.717) is 5.58 Å². The van der Waals surface area contributed by atoms with Crippen LogP contribution in [0.25, 0.3) is 11.1 Å². The molecule has 4 heteroatoms. The van der Waals surface area contributed by atoms with Gasteiger partial charge in [-0.2, -0.15) is 0 Å². The first-order valence-electron chi connectivity index (χ1n) is 2.90. The largest absolute Gasteiger partial charge is 0.353 e. The molecule has 0 spiro atoms. The maximum atomic E-state index is 4.87. The number of aromatic nitrogens is 3. The Bertz CT molecular complexity index is 355. The molecule has 0 aliphatic heterocycles. The second-order valence-electron chi connectivity index (χ2n) is 2.00. The van der Waals surface area contributed by atoms with Crippen LogP contribution in [0.3, 0.4) is 0 Å². The summed E-state index contributed by atoms with van der Waals surface area (Å²) in [5, 5.41) is 3.72. The lowest BCUT2D eigenvalue weighted by atomic mass is 10.4. The van der Waals surface area contributed by atoms with Crippen molar-refractivity contribution in [3.05, 3.63) is 18.2 Å². The van der Waals surface area contributed by atoms with Crippen LogP contribution in [0.5, 0.6) is 0 Å². The molecule has 2 aromatic rings. The standard InChI is InChI=1S/C6H5N3O/c1-4-6-5(10-9-4)2-7-3-8-6/h2-3H,1H3. The second kappa shape index (κ2) is 1.76. The molecule has 0 fully saturated rings. The summed E-state index contributed by atoms with van der Waals surface area (Å²) < 4.78 is 4.87. The summed E-state index contributed by atoms with van der Waals surface area (Å²) in [5.41, 5.74) is 2.23. The minimum atomic E-state index is 0.639. The highest BCUT2D eigenvalue weighted by atomic mass is 16.5. The van der Waals surface area contributed by atoms with Crippen molar-refractivity contribution in [2.24, 2.45) is 0 Å². The van der Waals surface area contributed by atoms with Gasteiger partial charge in [0, 0.05) is 0 Å². The summed E-state index contributed by atoms with van der Waals surface area (Å²) in [6.07, 6.45) is 3.08. The lowest BCUT2D eigenvalue weighted by Gasteiger charge is -1.80. The summed E-state index contributed by atoms with van der Waals surface area (Å²) in [4.78, 5) is 7.75. The summed E-state index contributed by atoms with van der Waals surface area (Å²) in [6.45, 7) is 1.85. The summed E-state index contributed by atoms with van der Waals surface area (Å²) in [6, 6.07) is 0. The number of nitrogens with zero attached hydrogens (tertiary/aromatic N) is 3. The third kappa shape index (κ3) is 0.586. The van der Waals surface area contributed by atoms with Gasteiger partial charge in [-0.05, 0) is 6.92 Å². The van der Waals surface area contributed by atoms with Crippen molar-refractivity contribution in [1.82, 2.24) is 15.1 Å². The fourth-order valence-corrected chi connectivity index (χ4v) is 0.816. The quantitative estimate of drug-likeness (QED) is 0.539. The van der Waals surface area contributed by atoms with Crippen molar-refractivity contribution < 1.29 is 4.52 Å². The minimum absolute atomic E-state index is 0.639. The zero-order chi connectivity index (χ0) is 6.97. The molecule has 2 heterocycles. The monoisotopic (exact) mass is 135 g/mol. The summed E-state index contributed by atoms with van der Waals surface area (Å²) in [7, 11) is 0. The number of hydrogen-bond donors (Lipinski definition) is 0. The van der Waals surface area contributed by atoms with Gasteiger partial charge in [0.2, 0.25) is 5.58 Å². The molecule has 0 saturated carbocycles. The Morgan fingerprint density at radius 2 is 2.40 bits per heavy atom. The van der Waals surface area contributed by atoms with Crippen molar-refractivity contribution in [3.8, 4) is 0 Å². The molecule has 0 amide bonds. The van der Waals surface area contributed by atoms with Crippen LogP contribution in [-0.2, 0) is 0 Å². The smallest absolute Gasteiger partial charge is 0.203 e. The normalized spacial score (nSPS) is 10.5. The zero-order valence-electron chi connectivity index (χ0n) is 5.40. The Hall–Kier alpha value is -1.45. The van der Waals surface area contributed by atoms with Gasteiger partial charge >= 0.3 is 0 Å². The Morgan fingerprint density at radius 1 is 1.50 bits per heavy atom. The van der Waals surface area contributed by atoms with E-state index < -0.39 is 0 Å². The second-order valence-corrected chi connectivity index (χ2v) is 2.00. The molecule has 2 rings (SSSR count). The van der Waals surface area contributed by atoms with Crippen LogP contribution in [0.2, 0.25) is 0 Å². The summed E-state index contributed by atoms with van der Waals surface area (Å²) >= 11 is 0. The topological polar surface area (TPSA) is 51.8 Å². The molecular formula is C6H5N3O. The van der Waals surface area contributed by atoms with Crippen LogP contribution in [0.1, 0.15) is 5.69 Å². The average Bonchev–Trinajstić information content (AvgIpc) is 2.34. The maximum Gasteiger partial charge on any atom is 0.203 e. The summed E-state index contributed by atoms with van der Waals surface area (Å²) in [5.74, 6) is 0. The van der Waals surface area contributed by atoms with Gasteiger partial charge in [-0.1, -0.05) is 5.16 Å². The highest BCUT2D eigenvalue weighted by Gasteiger charge is 2.02. The molecular weight excluding hydrogens is 130 g/mol. The lowest BCUT2D eigenvalue weighted by Crippen LogP contribution is -1.77. The van der Waals surface area contributed by atoms with E-state index >= 15 is 0 Å². The van der Waals surface area contributed by atoms with Crippen molar-refractivity contribution in [2.75, 3.05) is 0 Å². The molecule has 0 aromatic carbocycles. The van der Waals surface area contributed by atoms with Gasteiger partial charge in [0.25, 0.3) is 0 Å². The Labute approximate surface area is 56.9 Å². The van der Waals surface area contributed by atoms with Crippen LogP contribution < -0.4 is 0 Å². The highest BCUT2D eigenvalue weighted by molar-refractivity contribution is 5.72. The minimum Gasteiger partial charge on any atom is -0.353 e. The number of hydrogen-bond acceptors (Lipinski definition) is 4. The molecule has 0 unspecified atom stereocenters. The van der Waals surface area contributed by atoms with E-state index in [0.717, 1.165) is 11.2 Å². The highest BCUT2D eigenvalue weighted by Crippen LogP contribution is 2.11. The van der Waals surface area contributed by atoms with Crippen molar-refractivity contribution in [1.29, 1.82) is 0 Å². The van der Waals surface area contributed by atoms with Crippen molar-refractivity contribution in [2.45, 2.75) is 6.92 Å². The van der Waals surface area contributed by atoms with Crippen LogP contribution in [-0.4, -0.2) is 15.1 Å². The predicted octanol–water partition coefficient (Wildman–Crippen LogP) is 0.926. The molecule has 0 atom stereocenters. The first-order valence-corrected chi connectivity index (χ1v) is 2.90. The molecule has 50 valence electrons. The third-order valence-electron chi connectivity index (χ3n) is 1.30. The molecule has 0 saturated heterocycles. The number of rotatable bonds is 0. The first kappa shape index (κ1) is 5.34. The van der Waals surface area contributed by atoms with Gasteiger partial charge in [0.15, 0.2) is 0 Å². The maximum absolute atomic E-state index is 4.87. The molecule has 2 aromatic heterocycles. The van der Waals surface area contributed by atoms with Gasteiger partial charge in [0.1, 0.15) is 17.5 Å². The van der Waals surface area contributed by atoms with E-state index in [4.69, 9.17) is 4.52 Å². The van der Waals surface area contributed by atoms with Gasteiger partial charge < -0.3 is 4.52 Å². The van der Waals surface area contributed by atoms with E-state index in [9.17, 15) is 0 Å². The molecule has 0 radical (unpaired) electrons.